The van der Waals surface area contributed by atoms with Crippen molar-refractivity contribution in [1.82, 2.24) is 20.4 Å². The summed E-state index contributed by atoms with van der Waals surface area (Å²) in [5.41, 5.74) is 1.05. The van der Waals surface area contributed by atoms with E-state index in [1.165, 1.54) is 6.42 Å². The average Bonchev–Trinajstić information content (AvgIpc) is 3.01. The summed E-state index contributed by atoms with van der Waals surface area (Å²) in [6.07, 6.45) is 2.97. The van der Waals surface area contributed by atoms with Crippen LogP contribution in [0.1, 0.15) is 41.2 Å². The van der Waals surface area contributed by atoms with E-state index in [0.29, 0.717) is 12.3 Å². The number of aromatic nitrogens is 3. The first kappa shape index (κ1) is 11.8. The molecule has 1 N–H and O–H groups in total. The number of nitrogens with zero attached hydrogens (tertiary/aromatic N) is 3. The molecule has 0 radical (unpaired) electrons. The van der Waals surface area contributed by atoms with Gasteiger partial charge in [-0.25, -0.2) is 4.98 Å². The third-order valence-electron chi connectivity index (χ3n) is 3.11. The normalized spacial score (nSPS) is 20.2. The molecule has 1 atom stereocenters. The maximum Gasteiger partial charge on any atom is 0.231 e. The first-order chi connectivity index (χ1) is 8.81. The first-order valence-corrected chi connectivity index (χ1v) is 7.13. The summed E-state index contributed by atoms with van der Waals surface area (Å²) in [7, 11) is 0. The van der Waals surface area contributed by atoms with Gasteiger partial charge >= 0.3 is 0 Å². The van der Waals surface area contributed by atoms with E-state index < -0.39 is 0 Å². The Hall–Kier alpha value is -1.27. The minimum Gasteiger partial charge on any atom is -0.339 e. The van der Waals surface area contributed by atoms with Crippen molar-refractivity contribution in [2.45, 2.75) is 32.1 Å². The van der Waals surface area contributed by atoms with Crippen molar-refractivity contribution < 1.29 is 4.52 Å². The van der Waals surface area contributed by atoms with E-state index >= 15 is 0 Å². The van der Waals surface area contributed by atoms with Crippen molar-refractivity contribution in [2.24, 2.45) is 0 Å². The van der Waals surface area contributed by atoms with Crippen LogP contribution in [0, 0.1) is 6.92 Å². The van der Waals surface area contributed by atoms with Gasteiger partial charge in [0.15, 0.2) is 5.82 Å². The summed E-state index contributed by atoms with van der Waals surface area (Å²) in [6, 6.07) is 0. The molecule has 0 spiro atoms. The standard InChI is InChI=1S/C12H16N4OS/c1-8-7-18-11(14-8)5-10-15-12(17-16-10)9-3-2-4-13-6-9/h7,9,13H,2-6H2,1H3. The summed E-state index contributed by atoms with van der Waals surface area (Å²) in [5, 5.41) is 10.5. The molecule has 3 heterocycles. The molecule has 0 amide bonds. The second kappa shape index (κ2) is 5.16. The predicted molar refractivity (Wildman–Crippen MR) is 68.8 cm³/mol. The van der Waals surface area contributed by atoms with Gasteiger partial charge in [-0.3, -0.25) is 0 Å². The molecule has 96 valence electrons. The summed E-state index contributed by atoms with van der Waals surface area (Å²) in [6.45, 7) is 4.03. The van der Waals surface area contributed by atoms with E-state index in [9.17, 15) is 0 Å². The maximum absolute atomic E-state index is 5.36. The second-order valence-electron chi connectivity index (χ2n) is 4.65. The van der Waals surface area contributed by atoms with Gasteiger partial charge in [-0.05, 0) is 26.3 Å². The highest BCUT2D eigenvalue weighted by molar-refractivity contribution is 7.09. The number of thiazole rings is 1. The minimum absolute atomic E-state index is 0.373. The number of aryl methyl sites for hydroxylation is 1. The quantitative estimate of drug-likeness (QED) is 0.917. The van der Waals surface area contributed by atoms with Crippen LogP contribution in [0.3, 0.4) is 0 Å². The number of hydrogen-bond acceptors (Lipinski definition) is 6. The van der Waals surface area contributed by atoms with Gasteiger partial charge in [0.25, 0.3) is 0 Å². The Kier molecular flexibility index (Phi) is 3.38. The molecule has 0 bridgehead atoms. The molecule has 1 fully saturated rings. The van der Waals surface area contributed by atoms with Crippen molar-refractivity contribution in [3.05, 3.63) is 27.8 Å². The fraction of sp³-hybridized carbons (Fsp3) is 0.583. The number of rotatable bonds is 3. The lowest BCUT2D eigenvalue weighted by Gasteiger charge is -2.18. The zero-order valence-corrected chi connectivity index (χ0v) is 11.2. The topological polar surface area (TPSA) is 63.8 Å². The second-order valence-corrected chi connectivity index (χ2v) is 5.59. The van der Waals surface area contributed by atoms with Crippen molar-refractivity contribution in [3.8, 4) is 0 Å². The zero-order chi connectivity index (χ0) is 12.4. The van der Waals surface area contributed by atoms with Crippen LogP contribution in [0.4, 0.5) is 0 Å². The van der Waals surface area contributed by atoms with Crippen LogP contribution in [-0.2, 0) is 6.42 Å². The molecule has 2 aromatic rings. The number of hydrogen-bond donors (Lipinski definition) is 1. The van der Waals surface area contributed by atoms with Crippen LogP contribution in [0.25, 0.3) is 0 Å². The maximum atomic E-state index is 5.36. The highest BCUT2D eigenvalue weighted by atomic mass is 32.1. The van der Waals surface area contributed by atoms with E-state index in [0.717, 1.165) is 41.9 Å². The van der Waals surface area contributed by atoms with E-state index in [1.54, 1.807) is 11.3 Å². The van der Waals surface area contributed by atoms with Gasteiger partial charge in [-0.1, -0.05) is 5.16 Å². The summed E-state index contributed by atoms with van der Waals surface area (Å²) < 4.78 is 5.36. The molecular formula is C12H16N4OS. The Balaban J connectivity index is 1.69. The molecule has 5 nitrogen and oxygen atoms in total. The molecule has 1 aliphatic rings. The van der Waals surface area contributed by atoms with Crippen molar-refractivity contribution >= 4 is 11.3 Å². The highest BCUT2D eigenvalue weighted by Gasteiger charge is 2.21. The van der Waals surface area contributed by atoms with Gasteiger partial charge in [0.1, 0.15) is 5.01 Å². The monoisotopic (exact) mass is 264 g/mol. The molecule has 0 aliphatic carbocycles. The van der Waals surface area contributed by atoms with Crippen LogP contribution in [0.15, 0.2) is 9.90 Å². The minimum atomic E-state index is 0.373. The molecule has 0 aromatic carbocycles. The fourth-order valence-electron chi connectivity index (χ4n) is 2.19. The molecule has 18 heavy (non-hydrogen) atoms. The fourth-order valence-corrected chi connectivity index (χ4v) is 2.96. The first-order valence-electron chi connectivity index (χ1n) is 6.25. The van der Waals surface area contributed by atoms with Crippen LogP contribution in [0.2, 0.25) is 0 Å². The Morgan fingerprint density at radius 1 is 1.50 bits per heavy atom. The highest BCUT2D eigenvalue weighted by Crippen LogP contribution is 2.22. The molecule has 1 saturated heterocycles. The molecule has 0 saturated carbocycles. The number of piperidine rings is 1. The van der Waals surface area contributed by atoms with Gasteiger partial charge in [0.2, 0.25) is 5.89 Å². The lowest BCUT2D eigenvalue weighted by molar-refractivity contribution is 0.320. The molecular weight excluding hydrogens is 248 g/mol. The van der Waals surface area contributed by atoms with Gasteiger partial charge < -0.3 is 9.84 Å². The summed E-state index contributed by atoms with van der Waals surface area (Å²) in [4.78, 5) is 8.90. The molecule has 1 aliphatic heterocycles. The van der Waals surface area contributed by atoms with Crippen molar-refractivity contribution in [3.63, 3.8) is 0 Å². The van der Waals surface area contributed by atoms with Gasteiger partial charge in [-0.2, -0.15) is 4.98 Å². The lowest BCUT2D eigenvalue weighted by Crippen LogP contribution is -2.28. The van der Waals surface area contributed by atoms with Crippen molar-refractivity contribution in [2.75, 3.05) is 13.1 Å². The average molecular weight is 264 g/mol. The Morgan fingerprint density at radius 3 is 3.17 bits per heavy atom. The molecule has 6 heteroatoms. The molecule has 2 aromatic heterocycles. The predicted octanol–water partition coefficient (Wildman–Crippen LogP) is 1.89. The zero-order valence-electron chi connectivity index (χ0n) is 10.3. The van der Waals surface area contributed by atoms with E-state index in [-0.39, 0.29) is 0 Å². The third-order valence-corrected chi connectivity index (χ3v) is 4.07. The summed E-state index contributed by atoms with van der Waals surface area (Å²) in [5.74, 6) is 1.88. The SMILES string of the molecule is Cc1csc(Cc2noc(C3CCCNC3)n2)n1. The van der Waals surface area contributed by atoms with Crippen molar-refractivity contribution in [1.29, 1.82) is 0 Å². The van der Waals surface area contributed by atoms with Crippen LogP contribution in [0.5, 0.6) is 0 Å². The lowest BCUT2D eigenvalue weighted by atomic mass is 10.00. The van der Waals surface area contributed by atoms with Gasteiger partial charge in [-0.15, -0.1) is 11.3 Å². The van der Waals surface area contributed by atoms with Gasteiger partial charge in [0.05, 0.1) is 12.3 Å². The van der Waals surface area contributed by atoms with E-state index in [2.05, 4.69) is 20.4 Å². The molecule has 3 rings (SSSR count). The summed E-state index contributed by atoms with van der Waals surface area (Å²) >= 11 is 1.64. The third kappa shape index (κ3) is 2.59. The Labute approximate surface area is 110 Å². The van der Waals surface area contributed by atoms with E-state index in [1.807, 2.05) is 12.3 Å². The Bertz CT molecular complexity index is 516. The van der Waals surface area contributed by atoms with Crippen LogP contribution in [-0.4, -0.2) is 28.2 Å². The largest absolute Gasteiger partial charge is 0.339 e. The van der Waals surface area contributed by atoms with Crippen LogP contribution < -0.4 is 5.32 Å². The molecule has 1 unspecified atom stereocenters. The van der Waals surface area contributed by atoms with E-state index in [4.69, 9.17) is 4.52 Å². The Morgan fingerprint density at radius 2 is 2.44 bits per heavy atom. The van der Waals surface area contributed by atoms with Gasteiger partial charge in [0, 0.05) is 17.6 Å². The van der Waals surface area contributed by atoms with Crippen LogP contribution >= 0.6 is 11.3 Å². The number of nitrogens with one attached hydrogen (secondary N) is 1. The smallest absolute Gasteiger partial charge is 0.231 e.